The summed E-state index contributed by atoms with van der Waals surface area (Å²) < 4.78 is 18.3. The Hall–Kier alpha value is -2.60. The molecule has 0 spiro atoms. The minimum Gasteiger partial charge on any atom is -0.496 e. The smallest absolute Gasteiger partial charge is 0.257 e. The van der Waals surface area contributed by atoms with Crippen LogP contribution in [0.2, 0.25) is 5.02 Å². The van der Waals surface area contributed by atoms with Crippen LogP contribution in [0.4, 0.5) is 10.1 Å². The van der Waals surface area contributed by atoms with Crippen LogP contribution in [0.15, 0.2) is 36.4 Å². The Kier molecular flexibility index (Phi) is 5.65. The largest absolute Gasteiger partial charge is 0.496 e. The molecule has 3 rings (SSSR count). The molecule has 2 aromatic carbocycles. The highest BCUT2D eigenvalue weighted by atomic mass is 35.5. The highest BCUT2D eigenvalue weighted by Gasteiger charge is 2.30. The molecule has 1 aliphatic heterocycles. The van der Waals surface area contributed by atoms with E-state index in [-0.39, 0.29) is 28.4 Å². The maximum atomic E-state index is 13.1. The van der Waals surface area contributed by atoms with Crippen LogP contribution < -0.4 is 10.5 Å². The first kappa shape index (κ1) is 19.2. The van der Waals surface area contributed by atoms with Crippen LogP contribution in [0.5, 0.6) is 5.75 Å². The van der Waals surface area contributed by atoms with Crippen molar-refractivity contribution in [2.24, 2.45) is 5.92 Å². The van der Waals surface area contributed by atoms with Gasteiger partial charge in [0.05, 0.1) is 23.4 Å². The van der Waals surface area contributed by atoms with Gasteiger partial charge in [0.15, 0.2) is 5.78 Å². The number of methoxy groups -OCH3 is 1. The van der Waals surface area contributed by atoms with Crippen LogP contribution in [-0.2, 0) is 0 Å². The van der Waals surface area contributed by atoms with E-state index in [1.807, 2.05) is 0 Å². The Morgan fingerprint density at radius 2 is 1.96 bits per heavy atom. The molecule has 0 radical (unpaired) electrons. The molecule has 1 atom stereocenters. The van der Waals surface area contributed by atoms with Gasteiger partial charge in [-0.2, -0.15) is 0 Å². The molecular formula is C20H20ClFN2O3. The molecule has 0 bridgehead atoms. The SMILES string of the molecule is COc1cc(N)c(Cl)cc1C(=O)N1CCCC(C(=O)c2ccc(F)cc2)C1. The number of carbonyl (C=O) groups is 2. The molecule has 5 nitrogen and oxygen atoms in total. The number of Topliss-reactive ketones (excluding diaryl/α,β-unsaturated/α-hetero) is 1. The molecule has 0 saturated carbocycles. The lowest BCUT2D eigenvalue weighted by Gasteiger charge is -2.32. The molecule has 1 amide bonds. The Labute approximate surface area is 161 Å². The second kappa shape index (κ2) is 7.96. The van der Waals surface area contributed by atoms with Crippen LogP contribution in [0.25, 0.3) is 0 Å². The summed E-state index contributed by atoms with van der Waals surface area (Å²) in [5, 5.41) is 0.273. The highest BCUT2D eigenvalue weighted by molar-refractivity contribution is 6.33. The van der Waals surface area contributed by atoms with Gasteiger partial charge in [0.2, 0.25) is 0 Å². The molecule has 142 valence electrons. The van der Waals surface area contributed by atoms with E-state index in [9.17, 15) is 14.0 Å². The summed E-state index contributed by atoms with van der Waals surface area (Å²) in [6, 6.07) is 8.48. The minimum atomic E-state index is -0.390. The first-order chi connectivity index (χ1) is 12.9. The van der Waals surface area contributed by atoms with Crippen molar-refractivity contribution in [3.63, 3.8) is 0 Å². The van der Waals surface area contributed by atoms with Crippen molar-refractivity contribution >= 4 is 29.0 Å². The van der Waals surface area contributed by atoms with Crippen molar-refractivity contribution < 1.29 is 18.7 Å². The van der Waals surface area contributed by atoms with Crippen LogP contribution in [-0.4, -0.2) is 36.8 Å². The molecule has 27 heavy (non-hydrogen) atoms. The van der Waals surface area contributed by atoms with Gasteiger partial charge in [0.1, 0.15) is 11.6 Å². The number of nitrogens with two attached hydrogens (primary N) is 1. The number of rotatable bonds is 4. The quantitative estimate of drug-likeness (QED) is 0.636. The number of carbonyl (C=O) groups excluding carboxylic acids is 2. The molecule has 1 heterocycles. The van der Waals surface area contributed by atoms with Gasteiger partial charge >= 0.3 is 0 Å². The van der Waals surface area contributed by atoms with E-state index in [1.54, 1.807) is 4.90 Å². The maximum absolute atomic E-state index is 13.1. The number of nitrogens with zero attached hydrogens (tertiary/aromatic N) is 1. The average Bonchev–Trinajstić information content (AvgIpc) is 2.69. The van der Waals surface area contributed by atoms with E-state index >= 15 is 0 Å². The molecular weight excluding hydrogens is 371 g/mol. The van der Waals surface area contributed by atoms with Crippen molar-refractivity contribution in [3.05, 3.63) is 58.4 Å². The van der Waals surface area contributed by atoms with Gasteiger partial charge in [-0.3, -0.25) is 9.59 Å². The first-order valence-electron chi connectivity index (χ1n) is 8.62. The van der Waals surface area contributed by atoms with Gasteiger partial charge in [-0.05, 0) is 43.2 Å². The molecule has 2 N–H and O–H groups in total. The Morgan fingerprint density at radius 3 is 2.63 bits per heavy atom. The third-order valence-corrected chi connectivity index (χ3v) is 5.08. The number of ether oxygens (including phenoxy) is 1. The summed E-state index contributed by atoms with van der Waals surface area (Å²) in [5.41, 5.74) is 6.86. The molecule has 0 aliphatic carbocycles. The van der Waals surface area contributed by atoms with Gasteiger partial charge in [-0.1, -0.05) is 11.6 Å². The average molecular weight is 391 g/mol. The standard InChI is InChI=1S/C20H20ClFN2O3/c1-27-18-10-17(23)16(21)9-15(18)20(26)24-8-2-3-13(11-24)19(25)12-4-6-14(22)7-5-12/h4-7,9-10,13H,2-3,8,11,23H2,1H3. The fourth-order valence-electron chi connectivity index (χ4n) is 3.30. The number of hydrogen-bond donors (Lipinski definition) is 1. The van der Waals surface area contributed by atoms with Gasteiger partial charge in [-0.15, -0.1) is 0 Å². The number of amides is 1. The molecule has 1 unspecified atom stereocenters. The zero-order chi connectivity index (χ0) is 19.6. The van der Waals surface area contributed by atoms with E-state index < -0.39 is 0 Å². The number of anilines is 1. The fourth-order valence-corrected chi connectivity index (χ4v) is 3.46. The number of piperidine rings is 1. The van der Waals surface area contributed by atoms with E-state index in [1.165, 1.54) is 43.5 Å². The zero-order valence-electron chi connectivity index (χ0n) is 14.9. The summed E-state index contributed by atoms with van der Waals surface area (Å²) >= 11 is 6.06. The topological polar surface area (TPSA) is 72.6 Å². The summed E-state index contributed by atoms with van der Waals surface area (Å²) in [4.78, 5) is 27.3. The molecule has 1 fully saturated rings. The number of halogens is 2. The lowest BCUT2D eigenvalue weighted by Crippen LogP contribution is -2.42. The van der Waals surface area contributed by atoms with Gasteiger partial charge in [0, 0.05) is 30.6 Å². The third kappa shape index (κ3) is 4.06. The number of benzene rings is 2. The number of nitrogen functional groups attached to an aromatic ring is 1. The van der Waals surface area contributed by atoms with Crippen molar-refractivity contribution in [2.45, 2.75) is 12.8 Å². The van der Waals surface area contributed by atoms with Crippen molar-refractivity contribution in [3.8, 4) is 5.75 Å². The van der Waals surface area contributed by atoms with E-state index in [0.717, 1.165) is 0 Å². The molecule has 7 heteroatoms. The second-order valence-corrected chi connectivity index (χ2v) is 6.94. The Morgan fingerprint density at radius 1 is 1.26 bits per heavy atom. The lowest BCUT2D eigenvalue weighted by molar-refractivity contribution is 0.0634. The monoisotopic (exact) mass is 390 g/mol. The van der Waals surface area contributed by atoms with Crippen molar-refractivity contribution in [1.29, 1.82) is 0 Å². The predicted octanol–water partition coefficient (Wildman–Crippen LogP) is 3.81. The lowest BCUT2D eigenvalue weighted by atomic mass is 9.89. The van der Waals surface area contributed by atoms with Crippen LogP contribution in [0.3, 0.4) is 0 Å². The molecule has 0 aromatic heterocycles. The van der Waals surface area contributed by atoms with Crippen LogP contribution in [0, 0.1) is 11.7 Å². The second-order valence-electron chi connectivity index (χ2n) is 6.54. The number of hydrogen-bond acceptors (Lipinski definition) is 4. The zero-order valence-corrected chi connectivity index (χ0v) is 15.6. The minimum absolute atomic E-state index is 0.0881. The van der Waals surface area contributed by atoms with Gasteiger partial charge < -0.3 is 15.4 Å². The fraction of sp³-hybridized carbons (Fsp3) is 0.300. The van der Waals surface area contributed by atoms with Crippen molar-refractivity contribution in [1.82, 2.24) is 4.90 Å². The number of ketones is 1. The number of likely N-dealkylation sites (tertiary alicyclic amines) is 1. The normalized spacial score (nSPS) is 16.9. The van der Waals surface area contributed by atoms with E-state index in [0.29, 0.717) is 48.5 Å². The first-order valence-corrected chi connectivity index (χ1v) is 9.00. The van der Waals surface area contributed by atoms with E-state index in [4.69, 9.17) is 22.1 Å². The summed E-state index contributed by atoms with van der Waals surface area (Å²) in [5.74, 6) is -0.725. The summed E-state index contributed by atoms with van der Waals surface area (Å²) in [7, 11) is 1.45. The Balaban J connectivity index is 1.80. The third-order valence-electron chi connectivity index (χ3n) is 4.76. The summed E-state index contributed by atoms with van der Waals surface area (Å²) in [6.45, 7) is 0.831. The molecule has 2 aromatic rings. The Bertz CT molecular complexity index is 870. The van der Waals surface area contributed by atoms with Crippen LogP contribution >= 0.6 is 11.6 Å². The highest BCUT2D eigenvalue weighted by Crippen LogP contribution is 2.31. The van der Waals surface area contributed by atoms with Gasteiger partial charge in [0.25, 0.3) is 5.91 Å². The van der Waals surface area contributed by atoms with E-state index in [2.05, 4.69) is 0 Å². The predicted molar refractivity (Wildman–Crippen MR) is 102 cm³/mol. The van der Waals surface area contributed by atoms with Crippen molar-refractivity contribution in [2.75, 3.05) is 25.9 Å². The molecule has 1 saturated heterocycles. The summed E-state index contributed by atoms with van der Waals surface area (Å²) in [6.07, 6.45) is 1.38. The molecule has 1 aliphatic rings. The van der Waals surface area contributed by atoms with Crippen LogP contribution in [0.1, 0.15) is 33.6 Å². The van der Waals surface area contributed by atoms with Gasteiger partial charge in [-0.25, -0.2) is 4.39 Å². The maximum Gasteiger partial charge on any atom is 0.257 e.